The molecule has 0 amide bonds. The Hall–Kier alpha value is -13.0. The summed E-state index contributed by atoms with van der Waals surface area (Å²) < 4.78 is 12.0. The third-order valence-corrected chi connectivity index (χ3v) is 20.3. The lowest BCUT2D eigenvalue weighted by Gasteiger charge is -2.11. The normalized spacial score (nSPS) is 11.9. The van der Waals surface area contributed by atoms with Crippen LogP contribution < -0.4 is 0 Å². The molecule has 5 aromatic heterocycles. The smallest absolute Gasteiger partial charge is 0.0562 e. The second-order valence-electron chi connectivity index (χ2n) is 25.6. The maximum Gasteiger partial charge on any atom is 0.0562 e. The summed E-state index contributed by atoms with van der Waals surface area (Å²) in [5, 5.41) is 17.9. The Bertz CT molecular complexity index is 6610. The van der Waals surface area contributed by atoms with E-state index < -0.39 is 0 Å². The van der Waals surface area contributed by atoms with Crippen molar-refractivity contribution in [1.29, 1.82) is 0 Å². The highest BCUT2D eigenvalue weighted by Gasteiger charge is 2.22. The molecule has 0 unspecified atom stereocenters. The first kappa shape index (κ1) is 54.6. The molecule has 0 fully saturated rings. The second-order valence-corrected chi connectivity index (χ2v) is 25.6. The largest absolute Gasteiger partial charge is 0.309 e. The molecule has 21 aromatic rings. The summed E-state index contributed by atoms with van der Waals surface area (Å²) in [4.78, 5) is 0. The zero-order valence-electron chi connectivity index (χ0n) is 52.8. The van der Waals surface area contributed by atoms with E-state index in [1.54, 1.807) is 0 Å². The van der Waals surface area contributed by atoms with Gasteiger partial charge in [-0.25, -0.2) is 0 Å². The molecule has 0 aliphatic rings. The van der Waals surface area contributed by atoms with Crippen molar-refractivity contribution in [3.63, 3.8) is 0 Å². The first-order valence-electron chi connectivity index (χ1n) is 33.4. The van der Waals surface area contributed by atoms with Gasteiger partial charge in [-0.15, -0.1) is 0 Å². The lowest BCUT2D eigenvalue weighted by Crippen LogP contribution is -1.96. The molecule has 16 aromatic carbocycles. The third-order valence-electron chi connectivity index (χ3n) is 20.3. The molecule has 0 atom stereocenters. The zero-order chi connectivity index (χ0) is 63.7. The highest BCUT2D eigenvalue weighted by molar-refractivity contribution is 6.29. The van der Waals surface area contributed by atoms with Gasteiger partial charge in [0.25, 0.3) is 0 Å². The molecule has 5 heteroatoms. The van der Waals surface area contributed by atoms with Crippen LogP contribution in [0.4, 0.5) is 0 Å². The molecule has 0 radical (unpaired) electrons. The molecule has 0 spiro atoms. The molecule has 452 valence electrons. The summed E-state index contributed by atoms with van der Waals surface area (Å²) in [5.41, 5.74) is 22.8. The highest BCUT2D eigenvalue weighted by Crippen LogP contribution is 2.44. The summed E-state index contributed by atoms with van der Waals surface area (Å²) >= 11 is 0. The summed E-state index contributed by atoms with van der Waals surface area (Å²) in [6.07, 6.45) is 0. The Labute approximate surface area is 558 Å². The lowest BCUT2D eigenvalue weighted by molar-refractivity contribution is 1.16. The van der Waals surface area contributed by atoms with Gasteiger partial charge in [0.05, 0.1) is 55.2 Å². The van der Waals surface area contributed by atoms with Crippen LogP contribution in [-0.2, 0) is 0 Å². The van der Waals surface area contributed by atoms with Gasteiger partial charge < -0.3 is 22.8 Å². The van der Waals surface area contributed by atoms with Crippen molar-refractivity contribution in [3.05, 3.63) is 358 Å². The summed E-state index contributed by atoms with van der Waals surface area (Å²) in [6.45, 7) is 0. The minimum atomic E-state index is 1.15. The Morgan fingerprint density at radius 2 is 0.392 bits per heavy atom. The molecule has 5 heterocycles. The second kappa shape index (κ2) is 21.8. The van der Waals surface area contributed by atoms with Crippen molar-refractivity contribution in [2.24, 2.45) is 0 Å². The average Bonchev–Trinajstić information content (AvgIpc) is 1.56. The number of fused-ring (bicyclic) bond motifs is 19. The Morgan fingerprint density at radius 1 is 0.134 bits per heavy atom. The fourth-order valence-electron chi connectivity index (χ4n) is 16.0. The number of benzene rings is 16. The maximum absolute atomic E-state index is 2.43. The number of aromatic nitrogens is 5. The van der Waals surface area contributed by atoms with Gasteiger partial charge in [-0.05, 0) is 177 Å². The fraction of sp³-hybridized carbons (Fsp3) is 0. The molecular formula is C92H59N5. The molecule has 0 saturated heterocycles. The Kier molecular flexibility index (Phi) is 12.3. The van der Waals surface area contributed by atoms with Crippen LogP contribution in [0, 0.1) is 0 Å². The van der Waals surface area contributed by atoms with E-state index in [1.165, 1.54) is 170 Å². The zero-order valence-corrected chi connectivity index (χ0v) is 52.8. The van der Waals surface area contributed by atoms with E-state index in [-0.39, 0.29) is 0 Å². The van der Waals surface area contributed by atoms with E-state index in [0.717, 1.165) is 11.4 Å². The van der Waals surface area contributed by atoms with Gasteiger partial charge in [0.15, 0.2) is 0 Å². The first-order valence-corrected chi connectivity index (χ1v) is 33.4. The van der Waals surface area contributed by atoms with E-state index in [1.807, 2.05) is 0 Å². The Balaban J connectivity index is 0.000000133. The van der Waals surface area contributed by atoms with Gasteiger partial charge in [0, 0.05) is 82.3 Å². The van der Waals surface area contributed by atoms with Gasteiger partial charge >= 0.3 is 0 Å². The first-order chi connectivity index (χ1) is 48.1. The topological polar surface area (TPSA) is 24.6 Å². The molecule has 5 nitrogen and oxygen atoms in total. The minimum Gasteiger partial charge on any atom is -0.309 e. The predicted molar refractivity (Wildman–Crippen MR) is 410 cm³/mol. The van der Waals surface area contributed by atoms with E-state index in [0.29, 0.717) is 0 Å². The molecule has 0 saturated carbocycles. The van der Waals surface area contributed by atoms with Crippen LogP contribution in [0.2, 0.25) is 0 Å². The van der Waals surface area contributed by atoms with Gasteiger partial charge in [-0.3, -0.25) is 0 Å². The van der Waals surface area contributed by atoms with E-state index >= 15 is 0 Å². The average molecular weight is 1230 g/mol. The van der Waals surface area contributed by atoms with E-state index in [2.05, 4.69) is 381 Å². The standard InChI is InChI=1S/C48H31N3.C44H28N2/c1-3-13-34(14-4-1)49-43-20-10-7-17-37(43)40-29-33(25-28-46(40)49)32-23-26-36(27-24-32)51-45-22-12-9-19-39(45)42-30-41-38-18-8-11-21-44(38)50(47(41)31-48(42)51)35-15-5-2-6-16-35;1-2-12-33(13-3-1)45-39-17-9-8-16-37(39)38-28-32(22-25-40(38)45)29-18-23-34(24-19-29)46-41-26-20-30-10-4-6-14-35(30)43(41)44-36-15-7-5-11-31(36)21-27-42(44)46/h1-31H;1-28H. The van der Waals surface area contributed by atoms with Gasteiger partial charge in [0.2, 0.25) is 0 Å². The van der Waals surface area contributed by atoms with Crippen molar-refractivity contribution in [2.45, 2.75) is 0 Å². The number of para-hydroxylation sites is 7. The number of hydrogen-bond acceptors (Lipinski definition) is 0. The van der Waals surface area contributed by atoms with Crippen molar-refractivity contribution in [3.8, 4) is 50.7 Å². The molecule has 21 rings (SSSR count). The van der Waals surface area contributed by atoms with Gasteiger partial charge in [-0.1, -0.05) is 224 Å². The summed E-state index contributed by atoms with van der Waals surface area (Å²) in [7, 11) is 0. The predicted octanol–water partition coefficient (Wildman–Crippen LogP) is 24.5. The quantitative estimate of drug-likeness (QED) is 0.152. The molecule has 0 aliphatic heterocycles. The maximum atomic E-state index is 2.43. The number of nitrogens with zero attached hydrogens (tertiary/aromatic N) is 5. The molecule has 0 bridgehead atoms. The van der Waals surface area contributed by atoms with Crippen LogP contribution in [0.5, 0.6) is 0 Å². The highest BCUT2D eigenvalue weighted by atomic mass is 15.0. The van der Waals surface area contributed by atoms with E-state index in [9.17, 15) is 0 Å². The van der Waals surface area contributed by atoms with Crippen LogP contribution in [0.15, 0.2) is 358 Å². The van der Waals surface area contributed by atoms with Crippen molar-refractivity contribution in [2.75, 3.05) is 0 Å². The Morgan fingerprint density at radius 3 is 0.763 bits per heavy atom. The lowest BCUT2D eigenvalue weighted by atomic mass is 10.00. The van der Waals surface area contributed by atoms with Crippen molar-refractivity contribution < 1.29 is 0 Å². The molecular weight excluding hydrogens is 1180 g/mol. The van der Waals surface area contributed by atoms with Crippen molar-refractivity contribution >= 4 is 131 Å². The van der Waals surface area contributed by atoms with Crippen LogP contribution in [0.25, 0.3) is 181 Å². The fourth-order valence-corrected chi connectivity index (χ4v) is 16.0. The van der Waals surface area contributed by atoms with Crippen molar-refractivity contribution in [1.82, 2.24) is 22.8 Å². The van der Waals surface area contributed by atoms with Gasteiger partial charge in [0.1, 0.15) is 0 Å². The summed E-state index contributed by atoms with van der Waals surface area (Å²) in [6, 6.07) is 130. The van der Waals surface area contributed by atoms with Crippen LogP contribution >= 0.6 is 0 Å². The van der Waals surface area contributed by atoms with Crippen LogP contribution in [0.1, 0.15) is 0 Å². The van der Waals surface area contributed by atoms with E-state index in [4.69, 9.17) is 0 Å². The molecule has 0 aliphatic carbocycles. The number of rotatable bonds is 7. The third kappa shape index (κ3) is 8.52. The van der Waals surface area contributed by atoms with Crippen LogP contribution in [-0.4, -0.2) is 22.8 Å². The van der Waals surface area contributed by atoms with Crippen LogP contribution in [0.3, 0.4) is 0 Å². The SMILES string of the molecule is c1ccc(-n2c3ccccc3c3cc(-c4ccc(-n5c6ccc7ccccc7c6c6c7ccccc7ccc65)cc4)ccc32)cc1.c1ccc(-n2c3ccccc3c3cc(-c4ccc(-n5c6ccccc6c6cc7c8ccccc8n(-c8ccccc8)c7cc65)cc4)ccc32)cc1. The molecule has 0 N–H and O–H groups in total. The summed E-state index contributed by atoms with van der Waals surface area (Å²) in [5.74, 6) is 0. The number of hydrogen-bond donors (Lipinski definition) is 0. The molecule has 97 heavy (non-hydrogen) atoms. The van der Waals surface area contributed by atoms with Gasteiger partial charge in [-0.2, -0.15) is 0 Å². The monoisotopic (exact) mass is 1230 g/mol. The minimum absolute atomic E-state index is 1.15.